The monoisotopic (exact) mass is 251 g/mol. The van der Waals surface area contributed by atoms with Crippen LogP contribution >= 0.6 is 0 Å². The van der Waals surface area contributed by atoms with Gasteiger partial charge in [-0.25, -0.2) is 0 Å². The van der Waals surface area contributed by atoms with Crippen LogP contribution in [0, 0.1) is 0 Å². The summed E-state index contributed by atoms with van der Waals surface area (Å²) in [5.74, 6) is 0. The standard InChI is InChI=1S/C15H29N3/c1-4-7-8-9-10-11-18-13-14(12-17-18)15(5-2)16-6-3/h12-13,15-16H,4-11H2,1-3H3. The van der Waals surface area contributed by atoms with Gasteiger partial charge in [0.15, 0.2) is 0 Å². The molecule has 104 valence electrons. The fourth-order valence-corrected chi connectivity index (χ4v) is 2.30. The van der Waals surface area contributed by atoms with Gasteiger partial charge in [0.05, 0.1) is 6.20 Å². The first-order valence-electron chi connectivity index (χ1n) is 7.57. The molecule has 1 atom stereocenters. The Kier molecular flexibility index (Phi) is 7.74. The average molecular weight is 251 g/mol. The van der Waals surface area contributed by atoms with Gasteiger partial charge in [-0.3, -0.25) is 4.68 Å². The second kappa shape index (κ2) is 9.15. The molecule has 0 fully saturated rings. The van der Waals surface area contributed by atoms with E-state index in [1.165, 1.54) is 37.7 Å². The molecule has 0 radical (unpaired) electrons. The molecule has 1 N–H and O–H groups in total. The lowest BCUT2D eigenvalue weighted by Crippen LogP contribution is -2.19. The summed E-state index contributed by atoms with van der Waals surface area (Å²) < 4.78 is 2.10. The summed E-state index contributed by atoms with van der Waals surface area (Å²) in [6, 6.07) is 0.462. The highest BCUT2D eigenvalue weighted by atomic mass is 15.3. The molecule has 3 heteroatoms. The molecule has 0 saturated heterocycles. The Labute approximate surface area is 112 Å². The largest absolute Gasteiger partial charge is 0.310 e. The number of aromatic nitrogens is 2. The number of unbranched alkanes of at least 4 members (excludes halogenated alkanes) is 4. The molecule has 0 amide bonds. The second-order valence-electron chi connectivity index (χ2n) is 4.97. The molecule has 1 aromatic rings. The molecule has 1 unspecified atom stereocenters. The quantitative estimate of drug-likeness (QED) is 0.639. The van der Waals surface area contributed by atoms with Crippen molar-refractivity contribution in [3.05, 3.63) is 18.0 Å². The molecule has 1 rings (SSSR count). The summed E-state index contributed by atoms with van der Waals surface area (Å²) in [7, 11) is 0. The lowest BCUT2D eigenvalue weighted by atomic mass is 10.1. The Balaban J connectivity index is 2.33. The summed E-state index contributed by atoms with van der Waals surface area (Å²) in [6.07, 6.45) is 12.0. The van der Waals surface area contributed by atoms with Crippen molar-refractivity contribution in [1.82, 2.24) is 15.1 Å². The van der Waals surface area contributed by atoms with E-state index in [2.05, 4.69) is 42.1 Å². The summed E-state index contributed by atoms with van der Waals surface area (Å²) in [6.45, 7) is 8.70. The van der Waals surface area contributed by atoms with Crippen molar-refractivity contribution in [2.24, 2.45) is 0 Å². The molecule has 0 bridgehead atoms. The first-order chi connectivity index (χ1) is 8.81. The lowest BCUT2D eigenvalue weighted by molar-refractivity contribution is 0.524. The van der Waals surface area contributed by atoms with Crippen molar-refractivity contribution >= 4 is 0 Å². The van der Waals surface area contributed by atoms with Crippen LogP contribution in [-0.2, 0) is 6.54 Å². The maximum absolute atomic E-state index is 4.46. The zero-order valence-corrected chi connectivity index (χ0v) is 12.3. The van der Waals surface area contributed by atoms with Gasteiger partial charge in [-0.2, -0.15) is 5.10 Å². The number of aryl methyl sites for hydroxylation is 1. The van der Waals surface area contributed by atoms with Crippen molar-refractivity contribution < 1.29 is 0 Å². The molecular formula is C15H29N3. The highest BCUT2D eigenvalue weighted by molar-refractivity contribution is 5.10. The van der Waals surface area contributed by atoms with Crippen LogP contribution in [0.3, 0.4) is 0 Å². The molecule has 0 aliphatic carbocycles. The fraction of sp³-hybridized carbons (Fsp3) is 0.800. The van der Waals surface area contributed by atoms with Crippen molar-refractivity contribution in [3.63, 3.8) is 0 Å². The van der Waals surface area contributed by atoms with Gasteiger partial charge < -0.3 is 5.32 Å². The van der Waals surface area contributed by atoms with E-state index in [1.54, 1.807) is 0 Å². The number of hydrogen-bond acceptors (Lipinski definition) is 2. The van der Waals surface area contributed by atoms with Crippen LogP contribution < -0.4 is 5.32 Å². The van der Waals surface area contributed by atoms with Crippen LogP contribution in [0.4, 0.5) is 0 Å². The van der Waals surface area contributed by atoms with Gasteiger partial charge in [0.25, 0.3) is 0 Å². The first kappa shape index (κ1) is 15.2. The van der Waals surface area contributed by atoms with Crippen LogP contribution in [-0.4, -0.2) is 16.3 Å². The van der Waals surface area contributed by atoms with E-state index in [4.69, 9.17) is 0 Å². The minimum absolute atomic E-state index is 0.462. The van der Waals surface area contributed by atoms with E-state index < -0.39 is 0 Å². The average Bonchev–Trinajstić information content (AvgIpc) is 2.84. The fourth-order valence-electron chi connectivity index (χ4n) is 2.30. The molecule has 3 nitrogen and oxygen atoms in total. The Hall–Kier alpha value is -0.830. The predicted octanol–water partition coefficient (Wildman–Crippen LogP) is 3.91. The molecule has 0 aromatic carbocycles. The van der Waals surface area contributed by atoms with Crippen LogP contribution in [0.1, 0.15) is 70.9 Å². The smallest absolute Gasteiger partial charge is 0.0537 e. The third-order valence-electron chi connectivity index (χ3n) is 3.41. The Morgan fingerprint density at radius 1 is 1.17 bits per heavy atom. The van der Waals surface area contributed by atoms with Gasteiger partial charge in [-0.1, -0.05) is 46.5 Å². The molecule has 0 aliphatic heterocycles. The van der Waals surface area contributed by atoms with E-state index in [0.717, 1.165) is 19.5 Å². The summed E-state index contributed by atoms with van der Waals surface area (Å²) in [5, 5.41) is 7.95. The highest BCUT2D eigenvalue weighted by Crippen LogP contribution is 2.15. The molecule has 1 heterocycles. The Bertz CT molecular complexity index is 306. The third-order valence-corrected chi connectivity index (χ3v) is 3.41. The zero-order chi connectivity index (χ0) is 13.2. The van der Waals surface area contributed by atoms with Crippen molar-refractivity contribution in [2.45, 2.75) is 71.9 Å². The highest BCUT2D eigenvalue weighted by Gasteiger charge is 2.09. The summed E-state index contributed by atoms with van der Waals surface area (Å²) in [5.41, 5.74) is 1.33. The van der Waals surface area contributed by atoms with Crippen LogP contribution in [0.2, 0.25) is 0 Å². The summed E-state index contributed by atoms with van der Waals surface area (Å²) in [4.78, 5) is 0. The van der Waals surface area contributed by atoms with E-state index in [1.807, 2.05) is 6.20 Å². The van der Waals surface area contributed by atoms with E-state index in [0.29, 0.717) is 6.04 Å². The van der Waals surface area contributed by atoms with Crippen LogP contribution in [0.15, 0.2) is 12.4 Å². The van der Waals surface area contributed by atoms with Crippen molar-refractivity contribution in [3.8, 4) is 0 Å². The molecule has 0 saturated carbocycles. The molecule has 0 spiro atoms. The van der Waals surface area contributed by atoms with Crippen LogP contribution in [0.5, 0.6) is 0 Å². The number of rotatable bonds is 10. The van der Waals surface area contributed by atoms with Gasteiger partial charge in [-0.05, 0) is 19.4 Å². The van der Waals surface area contributed by atoms with E-state index in [-0.39, 0.29) is 0 Å². The summed E-state index contributed by atoms with van der Waals surface area (Å²) >= 11 is 0. The van der Waals surface area contributed by atoms with Gasteiger partial charge in [0.1, 0.15) is 0 Å². The lowest BCUT2D eigenvalue weighted by Gasteiger charge is -2.13. The van der Waals surface area contributed by atoms with Gasteiger partial charge in [0, 0.05) is 24.3 Å². The zero-order valence-electron chi connectivity index (χ0n) is 12.3. The van der Waals surface area contributed by atoms with Crippen LogP contribution in [0.25, 0.3) is 0 Å². The third kappa shape index (κ3) is 5.21. The number of nitrogens with one attached hydrogen (secondary N) is 1. The maximum Gasteiger partial charge on any atom is 0.0537 e. The normalized spacial score (nSPS) is 12.8. The molecule has 0 aliphatic rings. The SMILES string of the molecule is CCCCCCCn1cc(C(CC)NCC)cn1. The number of hydrogen-bond donors (Lipinski definition) is 1. The van der Waals surface area contributed by atoms with E-state index >= 15 is 0 Å². The van der Waals surface area contributed by atoms with E-state index in [9.17, 15) is 0 Å². The first-order valence-corrected chi connectivity index (χ1v) is 7.57. The minimum atomic E-state index is 0.462. The molecule has 18 heavy (non-hydrogen) atoms. The van der Waals surface area contributed by atoms with Crippen molar-refractivity contribution in [2.75, 3.05) is 6.54 Å². The van der Waals surface area contributed by atoms with Gasteiger partial charge in [-0.15, -0.1) is 0 Å². The second-order valence-corrected chi connectivity index (χ2v) is 4.97. The minimum Gasteiger partial charge on any atom is -0.310 e. The maximum atomic E-state index is 4.46. The number of nitrogens with zero attached hydrogens (tertiary/aromatic N) is 2. The Morgan fingerprint density at radius 2 is 1.94 bits per heavy atom. The Morgan fingerprint density at radius 3 is 2.61 bits per heavy atom. The predicted molar refractivity (Wildman–Crippen MR) is 77.7 cm³/mol. The van der Waals surface area contributed by atoms with Gasteiger partial charge in [0.2, 0.25) is 0 Å². The molecule has 1 aromatic heterocycles. The molecular weight excluding hydrogens is 222 g/mol. The van der Waals surface area contributed by atoms with Crippen molar-refractivity contribution in [1.29, 1.82) is 0 Å². The van der Waals surface area contributed by atoms with Gasteiger partial charge >= 0.3 is 0 Å². The topological polar surface area (TPSA) is 29.9 Å².